The molecule has 0 radical (unpaired) electrons. The molecule has 1 N–H and O–H groups in total. The maximum Gasteiger partial charge on any atom is 0.416 e. The molecule has 0 bridgehead atoms. The zero-order valence-corrected chi connectivity index (χ0v) is 10.6. The van der Waals surface area contributed by atoms with Crippen LogP contribution in [0.1, 0.15) is 17.5 Å². The second-order valence-electron chi connectivity index (χ2n) is 4.63. The minimum absolute atomic E-state index is 0.0982. The monoisotopic (exact) mass is 275 g/mol. The van der Waals surface area contributed by atoms with Gasteiger partial charge >= 0.3 is 6.18 Å². The third kappa shape index (κ3) is 3.01. The fraction of sp³-hybridized carbons (Fsp3) is 0.538. The fourth-order valence-electron chi connectivity index (χ4n) is 2.22. The predicted molar refractivity (Wildman–Crippen MR) is 65.0 cm³/mol. The van der Waals surface area contributed by atoms with E-state index in [0.29, 0.717) is 18.9 Å². The Labute approximate surface area is 109 Å². The molecule has 106 valence electrons. The molecule has 0 saturated carbocycles. The summed E-state index contributed by atoms with van der Waals surface area (Å²) in [6, 6.07) is 4.11. The molecule has 1 aliphatic heterocycles. The van der Waals surface area contributed by atoms with E-state index in [1.54, 1.807) is 18.0 Å². The maximum absolute atomic E-state index is 12.9. The van der Waals surface area contributed by atoms with E-state index in [4.69, 9.17) is 9.84 Å². The number of rotatable bonds is 3. The lowest BCUT2D eigenvalue weighted by atomic mass is 10.1. The van der Waals surface area contributed by atoms with Crippen LogP contribution in [0.3, 0.4) is 0 Å². The van der Waals surface area contributed by atoms with Crippen molar-refractivity contribution in [1.29, 1.82) is 0 Å². The summed E-state index contributed by atoms with van der Waals surface area (Å²) in [4.78, 5) is 1.80. The molecule has 0 aliphatic carbocycles. The van der Waals surface area contributed by atoms with E-state index in [1.807, 2.05) is 0 Å². The predicted octanol–water partition coefficient (Wildman–Crippen LogP) is 2.42. The topological polar surface area (TPSA) is 32.7 Å². The Balaban J connectivity index is 2.31. The number of benzene rings is 1. The Kier molecular flexibility index (Phi) is 4.01. The van der Waals surface area contributed by atoms with E-state index in [2.05, 4.69) is 0 Å². The van der Waals surface area contributed by atoms with Gasteiger partial charge in [-0.25, -0.2) is 0 Å². The molecule has 1 aromatic carbocycles. The van der Waals surface area contributed by atoms with Crippen molar-refractivity contribution in [3.8, 4) is 0 Å². The molecular weight excluding hydrogens is 259 g/mol. The van der Waals surface area contributed by atoms with Gasteiger partial charge in [0.1, 0.15) is 0 Å². The van der Waals surface area contributed by atoms with E-state index < -0.39 is 18.3 Å². The minimum atomic E-state index is -4.46. The Hall–Kier alpha value is -1.27. The second-order valence-corrected chi connectivity index (χ2v) is 4.63. The van der Waals surface area contributed by atoms with Gasteiger partial charge in [0.2, 0.25) is 0 Å². The summed E-state index contributed by atoms with van der Waals surface area (Å²) in [5, 5.41) is 8.99. The molecule has 0 aromatic heterocycles. The standard InChI is InChI=1S/C13H16F3NO2/c1-17(11-4-5-19-8-11)10-3-2-9(7-18)12(6-10)13(14,15)16/h2-3,6,11,18H,4-5,7-8H2,1H3. The summed E-state index contributed by atoms with van der Waals surface area (Å²) >= 11 is 0. The number of nitrogens with zero attached hydrogens (tertiary/aromatic N) is 1. The molecule has 2 rings (SSSR count). The first-order chi connectivity index (χ1) is 8.93. The number of hydrogen-bond donors (Lipinski definition) is 1. The van der Waals surface area contributed by atoms with Gasteiger partial charge in [0.05, 0.1) is 24.8 Å². The van der Waals surface area contributed by atoms with Gasteiger partial charge in [-0.1, -0.05) is 6.07 Å². The van der Waals surface area contributed by atoms with Crippen molar-refractivity contribution in [3.63, 3.8) is 0 Å². The average molecular weight is 275 g/mol. The smallest absolute Gasteiger partial charge is 0.392 e. The summed E-state index contributed by atoms with van der Waals surface area (Å²) in [6.07, 6.45) is -3.65. The van der Waals surface area contributed by atoms with Crippen molar-refractivity contribution >= 4 is 5.69 Å². The van der Waals surface area contributed by atoms with Gasteiger partial charge in [0.25, 0.3) is 0 Å². The summed E-state index contributed by atoms with van der Waals surface area (Å²) in [5.41, 5.74) is -0.398. The summed E-state index contributed by atoms with van der Waals surface area (Å²) in [5.74, 6) is 0. The molecular formula is C13H16F3NO2. The molecule has 3 nitrogen and oxygen atoms in total. The molecule has 19 heavy (non-hydrogen) atoms. The van der Waals surface area contributed by atoms with Crippen molar-refractivity contribution < 1.29 is 23.0 Å². The van der Waals surface area contributed by atoms with Crippen molar-refractivity contribution in [2.24, 2.45) is 0 Å². The van der Waals surface area contributed by atoms with Gasteiger partial charge in [0, 0.05) is 19.3 Å². The summed E-state index contributed by atoms with van der Waals surface area (Å²) in [7, 11) is 1.76. The number of ether oxygens (including phenoxy) is 1. The van der Waals surface area contributed by atoms with Gasteiger partial charge in [0.15, 0.2) is 0 Å². The number of halogens is 3. The van der Waals surface area contributed by atoms with E-state index in [9.17, 15) is 13.2 Å². The largest absolute Gasteiger partial charge is 0.416 e. The number of aliphatic hydroxyl groups excluding tert-OH is 1. The first-order valence-corrected chi connectivity index (χ1v) is 6.05. The van der Waals surface area contributed by atoms with Crippen LogP contribution in [0.4, 0.5) is 18.9 Å². The number of aliphatic hydroxyl groups is 1. The van der Waals surface area contributed by atoms with Gasteiger partial charge < -0.3 is 14.7 Å². The Morgan fingerprint density at radius 3 is 2.68 bits per heavy atom. The van der Waals surface area contributed by atoms with Gasteiger partial charge in [-0.3, -0.25) is 0 Å². The van der Waals surface area contributed by atoms with Gasteiger partial charge in [-0.15, -0.1) is 0 Å². The van der Waals surface area contributed by atoms with Crippen LogP contribution in [-0.4, -0.2) is 31.4 Å². The molecule has 1 aliphatic rings. The van der Waals surface area contributed by atoms with E-state index in [1.165, 1.54) is 6.07 Å². The van der Waals surface area contributed by atoms with Crippen LogP contribution in [0.25, 0.3) is 0 Å². The SMILES string of the molecule is CN(c1ccc(CO)c(C(F)(F)F)c1)C1CCOC1. The first kappa shape index (κ1) is 14.1. The Morgan fingerprint density at radius 1 is 1.42 bits per heavy atom. The summed E-state index contributed by atoms with van der Waals surface area (Å²) in [6.45, 7) is 0.542. The second kappa shape index (κ2) is 5.38. The molecule has 1 fully saturated rings. The van der Waals surface area contributed by atoms with Crippen LogP contribution in [0, 0.1) is 0 Å². The maximum atomic E-state index is 12.9. The van der Waals surface area contributed by atoms with Crippen molar-refractivity contribution in [2.75, 3.05) is 25.2 Å². The lowest BCUT2D eigenvalue weighted by Crippen LogP contribution is -2.32. The number of alkyl halides is 3. The molecule has 0 spiro atoms. The third-order valence-corrected chi connectivity index (χ3v) is 3.43. The van der Waals surface area contributed by atoms with Crippen LogP contribution < -0.4 is 4.90 Å². The zero-order valence-electron chi connectivity index (χ0n) is 10.6. The van der Waals surface area contributed by atoms with Crippen molar-refractivity contribution in [3.05, 3.63) is 29.3 Å². The number of likely N-dealkylation sites (N-methyl/N-ethyl adjacent to an activating group) is 1. The molecule has 1 aromatic rings. The van der Waals surface area contributed by atoms with E-state index in [0.717, 1.165) is 12.5 Å². The van der Waals surface area contributed by atoms with Crippen molar-refractivity contribution in [2.45, 2.75) is 25.2 Å². The molecule has 6 heteroatoms. The highest BCUT2D eigenvalue weighted by atomic mass is 19.4. The highest BCUT2D eigenvalue weighted by Crippen LogP contribution is 2.35. The molecule has 1 atom stereocenters. The Bertz CT molecular complexity index is 442. The van der Waals surface area contributed by atoms with Gasteiger partial charge in [-0.05, 0) is 24.1 Å². The number of hydrogen-bond acceptors (Lipinski definition) is 3. The zero-order chi connectivity index (χ0) is 14.0. The normalized spacial score (nSPS) is 19.7. The molecule has 1 heterocycles. The lowest BCUT2D eigenvalue weighted by molar-refractivity contribution is -0.138. The van der Waals surface area contributed by atoms with Crippen LogP contribution in [0.2, 0.25) is 0 Å². The quantitative estimate of drug-likeness (QED) is 0.919. The van der Waals surface area contributed by atoms with E-state index in [-0.39, 0.29) is 11.6 Å². The fourth-order valence-corrected chi connectivity index (χ4v) is 2.22. The number of anilines is 1. The van der Waals surface area contributed by atoms with Crippen LogP contribution in [0.5, 0.6) is 0 Å². The van der Waals surface area contributed by atoms with E-state index >= 15 is 0 Å². The highest BCUT2D eigenvalue weighted by molar-refractivity contribution is 5.52. The molecule has 0 amide bonds. The van der Waals surface area contributed by atoms with Crippen LogP contribution >= 0.6 is 0 Å². The molecule has 1 unspecified atom stereocenters. The first-order valence-electron chi connectivity index (χ1n) is 6.05. The molecule has 1 saturated heterocycles. The highest BCUT2D eigenvalue weighted by Gasteiger charge is 2.34. The van der Waals surface area contributed by atoms with Crippen LogP contribution in [-0.2, 0) is 17.5 Å². The minimum Gasteiger partial charge on any atom is -0.392 e. The van der Waals surface area contributed by atoms with Crippen molar-refractivity contribution in [1.82, 2.24) is 0 Å². The van der Waals surface area contributed by atoms with Gasteiger partial charge in [-0.2, -0.15) is 13.2 Å². The Morgan fingerprint density at radius 2 is 2.16 bits per heavy atom. The van der Waals surface area contributed by atoms with Crippen LogP contribution in [0.15, 0.2) is 18.2 Å². The third-order valence-electron chi connectivity index (χ3n) is 3.43. The summed E-state index contributed by atoms with van der Waals surface area (Å²) < 4.78 is 43.9. The lowest BCUT2D eigenvalue weighted by Gasteiger charge is -2.26. The average Bonchev–Trinajstić information content (AvgIpc) is 2.90.